The Labute approximate surface area is 159 Å². The summed E-state index contributed by atoms with van der Waals surface area (Å²) in [6.45, 7) is 5.85. The Morgan fingerprint density at radius 1 is 0.926 bits per heavy atom. The third kappa shape index (κ3) is 6.29. The van der Waals surface area contributed by atoms with Crippen molar-refractivity contribution in [2.24, 2.45) is 0 Å². The summed E-state index contributed by atoms with van der Waals surface area (Å²) in [6, 6.07) is 14.8. The van der Waals surface area contributed by atoms with Crippen molar-refractivity contribution in [3.05, 3.63) is 65.7 Å². The average Bonchev–Trinajstić information content (AvgIpc) is 2.68. The number of allylic oxidation sites excluding steroid dienone is 1. The highest BCUT2D eigenvalue weighted by Gasteiger charge is 2.10. The van der Waals surface area contributed by atoms with E-state index in [1.807, 2.05) is 63.2 Å². The van der Waals surface area contributed by atoms with E-state index in [9.17, 15) is 9.59 Å². The van der Waals surface area contributed by atoms with Gasteiger partial charge in [-0.1, -0.05) is 35.9 Å². The van der Waals surface area contributed by atoms with E-state index >= 15 is 0 Å². The van der Waals surface area contributed by atoms with Crippen molar-refractivity contribution in [1.29, 1.82) is 0 Å². The highest BCUT2D eigenvalue weighted by Crippen LogP contribution is 2.23. The van der Waals surface area contributed by atoms with Crippen molar-refractivity contribution < 1.29 is 23.8 Å². The van der Waals surface area contributed by atoms with Gasteiger partial charge < -0.3 is 14.2 Å². The van der Waals surface area contributed by atoms with Gasteiger partial charge in [0.15, 0.2) is 0 Å². The Hall–Kier alpha value is -3.08. The monoisotopic (exact) mass is 368 g/mol. The van der Waals surface area contributed by atoms with Crippen LogP contribution in [0.15, 0.2) is 60.2 Å². The molecule has 0 heterocycles. The van der Waals surface area contributed by atoms with Crippen LogP contribution in [0, 0.1) is 0 Å². The fraction of sp³-hybridized carbons (Fsp3) is 0.273. The first kappa shape index (κ1) is 20.2. The Balaban J connectivity index is 1.88. The van der Waals surface area contributed by atoms with Crippen LogP contribution < -0.4 is 4.74 Å². The summed E-state index contributed by atoms with van der Waals surface area (Å²) in [6.07, 6.45) is 2.02. The molecule has 0 radical (unpaired) electrons. The van der Waals surface area contributed by atoms with Crippen molar-refractivity contribution >= 4 is 11.9 Å². The molecule has 0 aliphatic rings. The maximum Gasteiger partial charge on any atom is 0.340 e. The van der Waals surface area contributed by atoms with Crippen LogP contribution in [0.1, 0.15) is 37.6 Å². The molecule has 0 aliphatic heterocycles. The molecule has 0 N–H and O–H groups in total. The van der Waals surface area contributed by atoms with Gasteiger partial charge in [0, 0.05) is 0 Å². The molecule has 0 atom stereocenters. The van der Waals surface area contributed by atoms with Crippen LogP contribution in [0.3, 0.4) is 0 Å². The van der Waals surface area contributed by atoms with Crippen molar-refractivity contribution in [2.75, 3.05) is 13.4 Å². The van der Waals surface area contributed by atoms with E-state index in [2.05, 4.69) is 0 Å². The lowest BCUT2D eigenvalue weighted by Crippen LogP contribution is -2.13. The van der Waals surface area contributed by atoms with Gasteiger partial charge in [0.25, 0.3) is 0 Å². The second kappa shape index (κ2) is 10.2. The molecule has 0 spiro atoms. The van der Waals surface area contributed by atoms with Crippen LogP contribution in [0.5, 0.6) is 5.75 Å². The SMILES string of the molecule is CC=C(C)CC(=O)OCOC(=O)c1ccc(-c2ccc(OCC)cc2)cc1. The molecule has 0 saturated heterocycles. The first-order valence-electron chi connectivity index (χ1n) is 8.81. The predicted octanol–water partition coefficient (Wildman–Crippen LogP) is 4.77. The second-order valence-electron chi connectivity index (χ2n) is 5.91. The number of carbonyl (C=O) groups excluding carboxylic acids is 2. The number of hydrogen-bond donors (Lipinski definition) is 0. The molecular formula is C22H24O5. The first-order chi connectivity index (χ1) is 13.0. The summed E-state index contributed by atoms with van der Waals surface area (Å²) in [7, 11) is 0. The number of carbonyl (C=O) groups is 2. The van der Waals surface area contributed by atoms with Crippen LogP contribution in [0.2, 0.25) is 0 Å². The van der Waals surface area contributed by atoms with Gasteiger partial charge in [-0.2, -0.15) is 0 Å². The van der Waals surface area contributed by atoms with Crippen LogP contribution in [0.25, 0.3) is 11.1 Å². The van der Waals surface area contributed by atoms with Crippen molar-refractivity contribution in [3.63, 3.8) is 0 Å². The fourth-order valence-corrected chi connectivity index (χ4v) is 2.32. The van der Waals surface area contributed by atoms with Gasteiger partial charge in [-0.25, -0.2) is 4.79 Å². The van der Waals surface area contributed by atoms with Gasteiger partial charge in [-0.15, -0.1) is 0 Å². The van der Waals surface area contributed by atoms with E-state index in [0.717, 1.165) is 22.4 Å². The lowest BCUT2D eigenvalue weighted by Gasteiger charge is -2.08. The van der Waals surface area contributed by atoms with E-state index in [4.69, 9.17) is 14.2 Å². The third-order valence-corrected chi connectivity index (χ3v) is 3.95. The molecule has 2 aromatic carbocycles. The molecule has 27 heavy (non-hydrogen) atoms. The van der Waals surface area contributed by atoms with Gasteiger partial charge in [0.05, 0.1) is 18.6 Å². The Morgan fingerprint density at radius 2 is 1.52 bits per heavy atom. The number of hydrogen-bond acceptors (Lipinski definition) is 5. The van der Waals surface area contributed by atoms with Crippen molar-refractivity contribution in [2.45, 2.75) is 27.2 Å². The zero-order valence-electron chi connectivity index (χ0n) is 15.9. The standard InChI is InChI=1S/C22H24O5/c1-4-16(3)14-21(23)26-15-27-22(24)19-8-6-17(7-9-19)18-10-12-20(13-11-18)25-5-2/h4,6-13H,5,14-15H2,1-3H3. The Morgan fingerprint density at radius 3 is 2.07 bits per heavy atom. The second-order valence-corrected chi connectivity index (χ2v) is 5.91. The highest BCUT2D eigenvalue weighted by molar-refractivity contribution is 5.90. The highest BCUT2D eigenvalue weighted by atomic mass is 16.7. The van der Waals surface area contributed by atoms with Gasteiger partial charge in [-0.3, -0.25) is 4.79 Å². The van der Waals surface area contributed by atoms with E-state index in [1.165, 1.54) is 0 Å². The quantitative estimate of drug-likeness (QED) is 0.382. The van der Waals surface area contributed by atoms with Crippen LogP contribution >= 0.6 is 0 Å². The Kier molecular flexibility index (Phi) is 7.62. The maximum absolute atomic E-state index is 12.0. The molecule has 2 rings (SSSR count). The summed E-state index contributed by atoms with van der Waals surface area (Å²) >= 11 is 0. The zero-order chi connectivity index (χ0) is 19.6. The molecule has 5 heteroatoms. The summed E-state index contributed by atoms with van der Waals surface area (Å²) < 4.78 is 15.3. The molecule has 0 unspecified atom stereocenters. The number of benzene rings is 2. The predicted molar refractivity (Wildman–Crippen MR) is 103 cm³/mol. The molecule has 0 fully saturated rings. The smallest absolute Gasteiger partial charge is 0.340 e. The minimum atomic E-state index is -0.538. The molecule has 0 aliphatic carbocycles. The molecule has 142 valence electrons. The molecule has 5 nitrogen and oxygen atoms in total. The Bertz CT molecular complexity index is 788. The topological polar surface area (TPSA) is 61.8 Å². The van der Waals surface area contributed by atoms with E-state index in [1.54, 1.807) is 12.1 Å². The number of esters is 2. The number of rotatable bonds is 8. The first-order valence-corrected chi connectivity index (χ1v) is 8.81. The van der Waals surface area contributed by atoms with Crippen molar-refractivity contribution in [3.8, 4) is 16.9 Å². The summed E-state index contributed by atoms with van der Waals surface area (Å²) in [5.41, 5.74) is 3.29. The molecule has 0 amide bonds. The van der Waals surface area contributed by atoms with Gasteiger partial charge in [0.2, 0.25) is 6.79 Å². The van der Waals surface area contributed by atoms with E-state index in [0.29, 0.717) is 12.2 Å². The van der Waals surface area contributed by atoms with E-state index < -0.39 is 18.7 Å². The van der Waals surface area contributed by atoms with Gasteiger partial charge in [-0.05, 0) is 56.2 Å². The lowest BCUT2D eigenvalue weighted by atomic mass is 10.0. The van der Waals surface area contributed by atoms with Gasteiger partial charge in [0.1, 0.15) is 5.75 Å². The maximum atomic E-state index is 12.0. The van der Waals surface area contributed by atoms with Crippen LogP contribution in [-0.4, -0.2) is 25.3 Å². The minimum Gasteiger partial charge on any atom is -0.494 e. The summed E-state index contributed by atoms with van der Waals surface area (Å²) in [5, 5.41) is 0. The zero-order valence-corrected chi connectivity index (χ0v) is 15.9. The fourth-order valence-electron chi connectivity index (χ4n) is 2.32. The third-order valence-electron chi connectivity index (χ3n) is 3.95. The number of ether oxygens (including phenoxy) is 3. The molecule has 0 bridgehead atoms. The van der Waals surface area contributed by atoms with Crippen LogP contribution in [0.4, 0.5) is 0 Å². The van der Waals surface area contributed by atoms with Gasteiger partial charge >= 0.3 is 11.9 Å². The molecule has 0 aromatic heterocycles. The molecule has 0 saturated carbocycles. The largest absolute Gasteiger partial charge is 0.494 e. The van der Waals surface area contributed by atoms with E-state index in [-0.39, 0.29) is 6.42 Å². The van der Waals surface area contributed by atoms with Crippen LogP contribution in [-0.2, 0) is 14.3 Å². The average molecular weight is 368 g/mol. The minimum absolute atomic E-state index is 0.185. The van der Waals surface area contributed by atoms with Crippen molar-refractivity contribution in [1.82, 2.24) is 0 Å². The summed E-state index contributed by atoms with van der Waals surface area (Å²) in [5.74, 6) is -0.145. The lowest BCUT2D eigenvalue weighted by molar-refractivity contribution is -0.151. The molecular weight excluding hydrogens is 344 g/mol. The molecule has 2 aromatic rings. The summed E-state index contributed by atoms with van der Waals surface area (Å²) in [4.78, 5) is 23.6. The normalized spacial score (nSPS) is 11.0.